The second-order valence-electron chi connectivity index (χ2n) is 6.38. The van der Waals surface area contributed by atoms with Crippen molar-refractivity contribution in [1.29, 1.82) is 0 Å². The van der Waals surface area contributed by atoms with E-state index in [1.807, 2.05) is 30.3 Å². The Bertz CT molecular complexity index is 806. The number of hydrogen-bond donors (Lipinski definition) is 3. The van der Waals surface area contributed by atoms with Gasteiger partial charge in [-0.15, -0.1) is 11.3 Å². The molecule has 2 heterocycles. The number of aromatic nitrogens is 1. The zero-order valence-corrected chi connectivity index (χ0v) is 15.7. The van der Waals surface area contributed by atoms with Crippen molar-refractivity contribution in [3.05, 3.63) is 47.0 Å². The lowest BCUT2D eigenvalue weighted by molar-refractivity contribution is -0.134. The fraction of sp³-hybridized carbons (Fsp3) is 0.368. The summed E-state index contributed by atoms with van der Waals surface area (Å²) in [6, 6.07) is 9.95. The minimum absolute atomic E-state index is 0.110. The van der Waals surface area contributed by atoms with E-state index in [9.17, 15) is 14.4 Å². The van der Waals surface area contributed by atoms with E-state index in [1.165, 1.54) is 16.9 Å². The van der Waals surface area contributed by atoms with Gasteiger partial charge in [-0.2, -0.15) is 0 Å². The largest absolute Gasteiger partial charge is 0.355 e. The highest BCUT2D eigenvalue weighted by Crippen LogP contribution is 2.19. The predicted molar refractivity (Wildman–Crippen MR) is 103 cm³/mol. The first-order chi connectivity index (χ1) is 13.1. The molecule has 0 aliphatic carbocycles. The Labute approximate surface area is 161 Å². The highest BCUT2D eigenvalue weighted by Gasteiger charge is 2.29. The summed E-state index contributed by atoms with van der Waals surface area (Å²) in [6.07, 6.45) is 2.26. The van der Waals surface area contributed by atoms with Crippen molar-refractivity contribution in [2.24, 2.45) is 5.92 Å². The van der Waals surface area contributed by atoms with Gasteiger partial charge in [-0.3, -0.25) is 14.4 Å². The fourth-order valence-corrected chi connectivity index (χ4v) is 3.59. The lowest BCUT2D eigenvalue weighted by atomic mass is 9.98. The van der Waals surface area contributed by atoms with Crippen LogP contribution in [0.1, 0.15) is 24.1 Å². The van der Waals surface area contributed by atoms with Crippen LogP contribution < -0.4 is 16.0 Å². The number of anilines is 1. The second-order valence-corrected chi connectivity index (χ2v) is 7.24. The summed E-state index contributed by atoms with van der Waals surface area (Å²) >= 11 is 1.25. The van der Waals surface area contributed by atoms with E-state index in [-0.39, 0.29) is 24.1 Å². The molecule has 1 fully saturated rings. The van der Waals surface area contributed by atoms with E-state index >= 15 is 0 Å². The predicted octanol–water partition coefficient (Wildman–Crippen LogP) is 1.51. The molecule has 0 saturated carbocycles. The summed E-state index contributed by atoms with van der Waals surface area (Å²) < 4.78 is 0. The maximum atomic E-state index is 12.2. The van der Waals surface area contributed by atoms with Crippen molar-refractivity contribution < 1.29 is 14.4 Å². The summed E-state index contributed by atoms with van der Waals surface area (Å²) in [6.45, 7) is 1.18. The van der Waals surface area contributed by atoms with Crippen molar-refractivity contribution >= 4 is 34.2 Å². The molecular formula is C19H22N4O3S. The molecule has 1 unspecified atom stereocenters. The highest BCUT2D eigenvalue weighted by molar-refractivity contribution is 7.13. The van der Waals surface area contributed by atoms with E-state index in [0.29, 0.717) is 30.3 Å². The lowest BCUT2D eigenvalue weighted by Crippen LogP contribution is -2.42. The van der Waals surface area contributed by atoms with Gasteiger partial charge in [0.15, 0.2) is 5.13 Å². The Balaban J connectivity index is 1.43. The molecule has 1 aliphatic heterocycles. The van der Waals surface area contributed by atoms with Gasteiger partial charge in [-0.25, -0.2) is 4.98 Å². The minimum atomic E-state index is -0.674. The maximum absolute atomic E-state index is 12.2. The van der Waals surface area contributed by atoms with Gasteiger partial charge < -0.3 is 16.0 Å². The van der Waals surface area contributed by atoms with Crippen LogP contribution in [-0.4, -0.2) is 35.8 Å². The second kappa shape index (κ2) is 9.27. The lowest BCUT2D eigenvalue weighted by Gasteiger charge is -2.20. The van der Waals surface area contributed by atoms with Crippen LogP contribution in [0.25, 0.3) is 0 Å². The molecule has 8 heteroatoms. The normalized spacial score (nSPS) is 16.4. The van der Waals surface area contributed by atoms with Crippen LogP contribution in [0.2, 0.25) is 0 Å². The fourth-order valence-electron chi connectivity index (χ4n) is 2.88. The van der Waals surface area contributed by atoms with Crippen molar-refractivity contribution in [2.45, 2.75) is 25.7 Å². The molecule has 1 aliphatic rings. The third-order valence-electron chi connectivity index (χ3n) is 4.30. The maximum Gasteiger partial charge on any atom is 0.238 e. The van der Waals surface area contributed by atoms with Gasteiger partial charge in [0, 0.05) is 18.5 Å². The first-order valence-electron chi connectivity index (χ1n) is 8.95. The summed E-state index contributed by atoms with van der Waals surface area (Å²) in [5, 5.41) is 10.4. The quantitative estimate of drug-likeness (QED) is 0.628. The van der Waals surface area contributed by atoms with E-state index < -0.39 is 5.92 Å². The average molecular weight is 386 g/mol. The molecule has 1 saturated heterocycles. The Morgan fingerprint density at radius 3 is 2.85 bits per heavy atom. The van der Waals surface area contributed by atoms with Crippen LogP contribution >= 0.6 is 11.3 Å². The molecule has 7 nitrogen and oxygen atoms in total. The third kappa shape index (κ3) is 5.62. The van der Waals surface area contributed by atoms with Crippen molar-refractivity contribution in [1.82, 2.24) is 15.6 Å². The van der Waals surface area contributed by atoms with Crippen LogP contribution in [0, 0.1) is 5.92 Å². The van der Waals surface area contributed by atoms with Gasteiger partial charge in [-0.1, -0.05) is 30.3 Å². The molecule has 27 heavy (non-hydrogen) atoms. The van der Waals surface area contributed by atoms with E-state index in [2.05, 4.69) is 20.9 Å². The summed E-state index contributed by atoms with van der Waals surface area (Å²) in [5.74, 6) is -1.37. The standard InChI is InChI=1S/C19H22N4O3S/c24-16(20-10-8-13-5-2-1-3-6-13)11-14-12-27-19(22-14)23-18(26)15-7-4-9-21-17(15)25/h1-3,5-6,12,15H,4,7-11H2,(H,20,24)(H,21,25)(H,22,23,26). The van der Waals surface area contributed by atoms with Crippen LogP contribution in [0.3, 0.4) is 0 Å². The van der Waals surface area contributed by atoms with Gasteiger partial charge in [-0.05, 0) is 24.8 Å². The number of thiazole rings is 1. The zero-order valence-electron chi connectivity index (χ0n) is 14.9. The molecule has 2 aromatic rings. The van der Waals surface area contributed by atoms with E-state index in [4.69, 9.17) is 0 Å². The molecule has 3 rings (SSSR count). The molecule has 1 atom stereocenters. The zero-order chi connectivity index (χ0) is 19.1. The monoisotopic (exact) mass is 386 g/mol. The first-order valence-corrected chi connectivity index (χ1v) is 9.83. The number of piperidine rings is 1. The van der Waals surface area contributed by atoms with Gasteiger partial charge in [0.2, 0.25) is 17.7 Å². The van der Waals surface area contributed by atoms with Gasteiger partial charge >= 0.3 is 0 Å². The third-order valence-corrected chi connectivity index (χ3v) is 5.11. The highest BCUT2D eigenvalue weighted by atomic mass is 32.1. The van der Waals surface area contributed by atoms with Crippen LogP contribution in [0.5, 0.6) is 0 Å². The number of nitrogens with zero attached hydrogens (tertiary/aromatic N) is 1. The molecule has 3 N–H and O–H groups in total. The number of carbonyl (C=O) groups is 3. The van der Waals surface area contributed by atoms with Gasteiger partial charge in [0.05, 0.1) is 12.1 Å². The molecule has 0 spiro atoms. The summed E-state index contributed by atoms with van der Waals surface area (Å²) in [4.78, 5) is 40.2. The average Bonchev–Trinajstić information content (AvgIpc) is 3.09. The number of carbonyl (C=O) groups excluding carboxylic acids is 3. The molecule has 0 bridgehead atoms. The molecular weight excluding hydrogens is 364 g/mol. The van der Waals surface area contributed by atoms with Crippen molar-refractivity contribution in [3.63, 3.8) is 0 Å². The Hall–Kier alpha value is -2.74. The molecule has 1 aromatic carbocycles. The van der Waals surface area contributed by atoms with Crippen molar-refractivity contribution in [3.8, 4) is 0 Å². The number of rotatable bonds is 7. The topological polar surface area (TPSA) is 100 Å². The Kier molecular flexibility index (Phi) is 6.54. The minimum Gasteiger partial charge on any atom is -0.355 e. The van der Waals surface area contributed by atoms with Gasteiger partial charge in [0.1, 0.15) is 5.92 Å². The Morgan fingerprint density at radius 1 is 1.26 bits per heavy atom. The number of hydrogen-bond acceptors (Lipinski definition) is 5. The van der Waals surface area contributed by atoms with Crippen molar-refractivity contribution in [2.75, 3.05) is 18.4 Å². The van der Waals surface area contributed by atoms with Crippen LogP contribution in [0.15, 0.2) is 35.7 Å². The van der Waals surface area contributed by atoms with Crippen LogP contribution in [0.4, 0.5) is 5.13 Å². The van der Waals surface area contributed by atoms with E-state index in [1.54, 1.807) is 5.38 Å². The number of amides is 3. The van der Waals surface area contributed by atoms with Gasteiger partial charge in [0.25, 0.3) is 0 Å². The first kappa shape index (κ1) is 19.0. The SMILES string of the molecule is O=C(Cc1csc(NC(=O)C2CCCNC2=O)n1)NCCc1ccccc1. The van der Waals surface area contributed by atoms with E-state index in [0.717, 1.165) is 12.8 Å². The molecule has 1 aromatic heterocycles. The number of benzene rings is 1. The summed E-state index contributed by atoms with van der Waals surface area (Å²) in [5.41, 5.74) is 1.77. The number of nitrogens with one attached hydrogen (secondary N) is 3. The Morgan fingerprint density at radius 2 is 2.07 bits per heavy atom. The van der Waals surface area contributed by atoms with Crippen LogP contribution in [-0.2, 0) is 27.2 Å². The molecule has 0 radical (unpaired) electrons. The molecule has 3 amide bonds. The molecule has 142 valence electrons. The smallest absolute Gasteiger partial charge is 0.238 e. The summed E-state index contributed by atoms with van der Waals surface area (Å²) in [7, 11) is 0.